The van der Waals surface area contributed by atoms with Crippen LogP contribution in [0.5, 0.6) is 0 Å². The molecule has 1 atom stereocenters. The van der Waals surface area contributed by atoms with Gasteiger partial charge in [0.1, 0.15) is 5.82 Å². The smallest absolute Gasteiger partial charge is 0.191 e. The average Bonchev–Trinajstić information content (AvgIpc) is 2.61. The van der Waals surface area contributed by atoms with Crippen molar-refractivity contribution in [3.05, 3.63) is 59.4 Å². The first-order valence-electron chi connectivity index (χ1n) is 9.00. The summed E-state index contributed by atoms with van der Waals surface area (Å²) in [7, 11) is 2.02. The van der Waals surface area contributed by atoms with Crippen LogP contribution in [0.2, 0.25) is 0 Å². The normalized spacial score (nSPS) is 18.3. The second-order valence-corrected chi connectivity index (χ2v) is 8.01. The van der Waals surface area contributed by atoms with E-state index in [9.17, 15) is 4.39 Å². The van der Waals surface area contributed by atoms with Crippen molar-refractivity contribution in [2.24, 2.45) is 5.10 Å². The minimum absolute atomic E-state index is 0.00527. The first-order valence-corrected chi connectivity index (χ1v) is 9.41. The van der Waals surface area contributed by atoms with Gasteiger partial charge in [-0.15, -0.1) is 0 Å². The highest BCUT2D eigenvalue weighted by atomic mass is 32.1. The number of rotatable bonds is 3. The van der Waals surface area contributed by atoms with Crippen molar-refractivity contribution >= 4 is 34.9 Å². The van der Waals surface area contributed by atoms with Crippen LogP contribution in [-0.2, 0) is 0 Å². The monoisotopic (exact) mass is 384 g/mol. The van der Waals surface area contributed by atoms with Gasteiger partial charge >= 0.3 is 0 Å². The Morgan fingerprint density at radius 3 is 2.70 bits per heavy atom. The Morgan fingerprint density at radius 1 is 1.30 bits per heavy atom. The van der Waals surface area contributed by atoms with Crippen LogP contribution >= 0.6 is 12.2 Å². The molecule has 0 radical (unpaired) electrons. The summed E-state index contributed by atoms with van der Waals surface area (Å²) in [4.78, 5) is 2.16. The first kappa shape index (κ1) is 19.3. The highest BCUT2D eigenvalue weighted by molar-refractivity contribution is 7.80. The molecule has 0 aromatic heterocycles. The van der Waals surface area contributed by atoms with E-state index in [0.29, 0.717) is 16.6 Å². The molecule has 3 rings (SSSR count). The summed E-state index contributed by atoms with van der Waals surface area (Å²) in [5, 5.41) is 7.46. The van der Waals surface area contributed by atoms with Crippen LogP contribution in [-0.4, -0.2) is 23.9 Å². The molecule has 0 aliphatic carbocycles. The van der Waals surface area contributed by atoms with Gasteiger partial charge in [-0.05, 0) is 68.2 Å². The zero-order chi connectivity index (χ0) is 19.6. The lowest BCUT2D eigenvalue weighted by molar-refractivity contribution is 0.394. The number of thiocarbonyl (C=S) groups is 1. The second kappa shape index (κ2) is 7.64. The van der Waals surface area contributed by atoms with Crippen LogP contribution in [0.1, 0.15) is 44.2 Å². The fourth-order valence-electron chi connectivity index (χ4n) is 3.54. The number of fused-ring (bicyclic) bond motifs is 1. The number of hydrazone groups is 1. The molecule has 0 bridgehead atoms. The van der Waals surface area contributed by atoms with Crippen molar-refractivity contribution < 1.29 is 4.39 Å². The topological polar surface area (TPSA) is 39.7 Å². The Bertz CT molecular complexity index is 864. The molecule has 142 valence electrons. The fraction of sp³-hybridized carbons (Fsp3) is 0.333. The third-order valence-electron chi connectivity index (χ3n) is 5.15. The molecule has 1 aliphatic rings. The van der Waals surface area contributed by atoms with E-state index in [1.54, 1.807) is 6.07 Å². The minimum atomic E-state index is -0.294. The lowest BCUT2D eigenvalue weighted by Crippen LogP contribution is -2.45. The van der Waals surface area contributed by atoms with Crippen molar-refractivity contribution in [2.45, 2.75) is 38.6 Å². The van der Waals surface area contributed by atoms with Crippen LogP contribution < -0.4 is 15.6 Å². The molecule has 1 aliphatic heterocycles. The summed E-state index contributed by atoms with van der Waals surface area (Å²) < 4.78 is 14.6. The van der Waals surface area contributed by atoms with Gasteiger partial charge in [-0.1, -0.05) is 25.1 Å². The van der Waals surface area contributed by atoms with Gasteiger partial charge in [-0.2, -0.15) is 5.10 Å². The van der Waals surface area contributed by atoms with E-state index in [4.69, 9.17) is 12.2 Å². The Balaban J connectivity index is 1.73. The van der Waals surface area contributed by atoms with Gasteiger partial charge in [0.25, 0.3) is 0 Å². The Hall–Kier alpha value is -2.47. The molecule has 2 N–H and O–H groups in total. The van der Waals surface area contributed by atoms with E-state index in [0.717, 1.165) is 23.4 Å². The number of nitrogens with one attached hydrogen (secondary N) is 2. The van der Waals surface area contributed by atoms with Crippen LogP contribution in [0.15, 0.2) is 47.6 Å². The minimum Gasteiger partial charge on any atom is -0.369 e. The van der Waals surface area contributed by atoms with Crippen LogP contribution in [0.3, 0.4) is 0 Å². The number of hydrogen-bond acceptors (Lipinski definition) is 3. The maximum atomic E-state index is 14.6. The largest absolute Gasteiger partial charge is 0.369 e. The van der Waals surface area contributed by atoms with Gasteiger partial charge in [0, 0.05) is 29.5 Å². The van der Waals surface area contributed by atoms with Crippen LogP contribution in [0.25, 0.3) is 0 Å². The molecule has 1 unspecified atom stereocenters. The Morgan fingerprint density at radius 2 is 2.00 bits per heavy atom. The molecule has 1 heterocycles. The molecule has 27 heavy (non-hydrogen) atoms. The number of benzene rings is 2. The van der Waals surface area contributed by atoms with Gasteiger partial charge in [0.2, 0.25) is 0 Å². The molecule has 0 amide bonds. The quantitative estimate of drug-likeness (QED) is 0.450. The number of para-hydroxylation sites is 1. The standard InChI is InChI=1S/C21H25FN4S/c1-14-12-21(2,3)26(4)19-11-18(22)15(10-17(14)19)13-23-25-20(27)24-16-8-6-5-7-9-16/h5-11,13-14H,12H2,1-4H3,(H2,24,25,27)/b23-13+. The fourth-order valence-corrected chi connectivity index (χ4v) is 3.72. The summed E-state index contributed by atoms with van der Waals surface area (Å²) in [6.07, 6.45) is 2.49. The van der Waals surface area contributed by atoms with Crippen molar-refractivity contribution in [2.75, 3.05) is 17.3 Å². The molecule has 0 spiro atoms. The van der Waals surface area contributed by atoms with E-state index in [-0.39, 0.29) is 11.4 Å². The Labute approximate surface area is 165 Å². The molecule has 0 saturated carbocycles. The number of nitrogens with zero attached hydrogens (tertiary/aromatic N) is 2. The predicted molar refractivity (Wildman–Crippen MR) is 115 cm³/mol. The average molecular weight is 385 g/mol. The first-order chi connectivity index (χ1) is 12.8. The van der Waals surface area contributed by atoms with Gasteiger partial charge in [-0.25, -0.2) is 4.39 Å². The molecule has 4 nitrogen and oxygen atoms in total. The molecule has 0 fully saturated rings. The van der Waals surface area contributed by atoms with E-state index < -0.39 is 0 Å². The summed E-state index contributed by atoms with van der Waals surface area (Å²) in [6, 6.07) is 13.1. The highest BCUT2D eigenvalue weighted by Crippen LogP contribution is 2.43. The number of halogens is 1. The zero-order valence-electron chi connectivity index (χ0n) is 16.1. The van der Waals surface area contributed by atoms with Crippen molar-refractivity contribution in [3.8, 4) is 0 Å². The summed E-state index contributed by atoms with van der Waals surface area (Å²) in [5.74, 6) is 0.0609. The van der Waals surface area contributed by atoms with E-state index in [2.05, 4.69) is 41.5 Å². The van der Waals surface area contributed by atoms with Gasteiger partial charge in [0.15, 0.2) is 5.11 Å². The number of hydrogen-bond donors (Lipinski definition) is 2. The summed E-state index contributed by atoms with van der Waals surface area (Å²) in [5.41, 5.74) is 6.14. The molecule has 2 aromatic rings. The lowest BCUT2D eigenvalue weighted by Gasteiger charge is -2.45. The zero-order valence-corrected chi connectivity index (χ0v) is 16.9. The Kier molecular flexibility index (Phi) is 5.46. The van der Waals surface area contributed by atoms with E-state index >= 15 is 0 Å². The van der Waals surface area contributed by atoms with Gasteiger partial charge in [-0.3, -0.25) is 5.43 Å². The second-order valence-electron chi connectivity index (χ2n) is 7.60. The van der Waals surface area contributed by atoms with Crippen LogP contribution in [0.4, 0.5) is 15.8 Å². The lowest BCUT2D eigenvalue weighted by atomic mass is 9.80. The molecular formula is C21H25FN4S. The van der Waals surface area contributed by atoms with Crippen LogP contribution in [0, 0.1) is 5.82 Å². The highest BCUT2D eigenvalue weighted by Gasteiger charge is 2.34. The molecular weight excluding hydrogens is 359 g/mol. The maximum Gasteiger partial charge on any atom is 0.191 e. The summed E-state index contributed by atoms with van der Waals surface area (Å²) in [6.45, 7) is 6.55. The predicted octanol–water partition coefficient (Wildman–Crippen LogP) is 4.87. The van der Waals surface area contributed by atoms with E-state index in [1.165, 1.54) is 6.21 Å². The molecule has 2 aromatic carbocycles. The SMILES string of the molecule is CC1CC(C)(C)N(C)c2cc(F)c(/C=N/NC(=S)Nc3ccccc3)cc21. The number of anilines is 2. The molecule has 6 heteroatoms. The summed E-state index contributed by atoms with van der Waals surface area (Å²) >= 11 is 5.20. The van der Waals surface area contributed by atoms with Crippen molar-refractivity contribution in [3.63, 3.8) is 0 Å². The van der Waals surface area contributed by atoms with Gasteiger partial charge < -0.3 is 10.2 Å². The van der Waals surface area contributed by atoms with Gasteiger partial charge in [0.05, 0.1) is 6.21 Å². The van der Waals surface area contributed by atoms with E-state index in [1.807, 2.05) is 43.4 Å². The van der Waals surface area contributed by atoms with Crippen molar-refractivity contribution in [1.29, 1.82) is 0 Å². The molecule has 0 saturated heterocycles. The third kappa shape index (κ3) is 4.27. The maximum absolute atomic E-state index is 14.6. The third-order valence-corrected chi connectivity index (χ3v) is 5.35. The van der Waals surface area contributed by atoms with Crippen molar-refractivity contribution in [1.82, 2.24) is 5.43 Å².